The Balaban J connectivity index is 2.78. The molecule has 0 radical (unpaired) electrons. The average molecular weight is 319 g/mol. The molecule has 1 rings (SSSR count). The molecule has 0 aliphatic rings. The Morgan fingerprint density at radius 3 is 2.25 bits per heavy atom. The highest BCUT2D eigenvalue weighted by Gasteiger charge is 2.21. The summed E-state index contributed by atoms with van der Waals surface area (Å²) in [6.45, 7) is 8.51. The molecule has 1 aromatic carbocycles. The first-order chi connectivity index (χ1) is 9.20. The lowest BCUT2D eigenvalue weighted by atomic mass is 9.98. The molecule has 0 amide bonds. The molecule has 0 heterocycles. The summed E-state index contributed by atoms with van der Waals surface area (Å²) in [5.41, 5.74) is 1.13. The van der Waals surface area contributed by atoms with Gasteiger partial charge in [-0.2, -0.15) is 0 Å². The molecule has 0 spiro atoms. The molecule has 1 atom stereocenters. The van der Waals surface area contributed by atoms with Gasteiger partial charge >= 0.3 is 0 Å². The summed E-state index contributed by atoms with van der Waals surface area (Å²) < 4.78 is 28.3. The second-order valence-electron chi connectivity index (χ2n) is 5.71. The molecule has 3 nitrogen and oxygen atoms in total. The first kappa shape index (κ1) is 17.3. The number of hydrogen-bond acceptors (Lipinski definition) is 3. The lowest BCUT2D eigenvalue weighted by molar-refractivity contribution is 0.223. The third-order valence-electron chi connectivity index (χ3n) is 3.35. The minimum Gasteiger partial charge on any atom is -0.493 e. The van der Waals surface area contributed by atoms with Crippen LogP contribution in [0.5, 0.6) is 5.75 Å². The van der Waals surface area contributed by atoms with E-state index in [1.54, 1.807) is 0 Å². The van der Waals surface area contributed by atoms with Gasteiger partial charge in [-0.3, -0.25) is 0 Å². The predicted octanol–water partition coefficient (Wildman–Crippen LogP) is 4.03. The Morgan fingerprint density at radius 2 is 1.75 bits per heavy atom. The summed E-state index contributed by atoms with van der Waals surface area (Å²) >= 11 is 0. The van der Waals surface area contributed by atoms with Crippen molar-refractivity contribution >= 4 is 19.7 Å². The molecule has 0 bridgehead atoms. The standard InChI is InChI=1S/C15H23ClO3S/c1-11(2)13(10-20(16,17)18)9-19-15-8-6-5-7-14(15)12(3)4/h5-8,11-13H,9-10H2,1-4H3. The molecular weight excluding hydrogens is 296 g/mol. The van der Waals surface area contributed by atoms with Gasteiger partial charge in [0.15, 0.2) is 0 Å². The molecular formula is C15H23ClO3S. The molecule has 0 N–H and O–H groups in total. The molecule has 0 aliphatic heterocycles. The molecule has 0 saturated carbocycles. The summed E-state index contributed by atoms with van der Waals surface area (Å²) in [6, 6.07) is 7.85. The van der Waals surface area contributed by atoms with E-state index in [9.17, 15) is 8.42 Å². The van der Waals surface area contributed by atoms with E-state index in [-0.39, 0.29) is 17.6 Å². The molecule has 0 aliphatic carbocycles. The van der Waals surface area contributed by atoms with Crippen LogP contribution in [0.25, 0.3) is 0 Å². The van der Waals surface area contributed by atoms with Crippen molar-refractivity contribution in [3.8, 4) is 5.75 Å². The molecule has 1 aromatic rings. The minimum absolute atomic E-state index is 0.0595. The Labute approximate surface area is 126 Å². The van der Waals surface area contributed by atoms with Crippen LogP contribution in [0.1, 0.15) is 39.2 Å². The maximum absolute atomic E-state index is 11.2. The van der Waals surface area contributed by atoms with Crippen molar-refractivity contribution < 1.29 is 13.2 Å². The van der Waals surface area contributed by atoms with E-state index >= 15 is 0 Å². The van der Waals surface area contributed by atoms with Crippen molar-refractivity contribution in [1.82, 2.24) is 0 Å². The van der Waals surface area contributed by atoms with Crippen LogP contribution in [0.15, 0.2) is 24.3 Å². The van der Waals surface area contributed by atoms with E-state index in [1.807, 2.05) is 38.1 Å². The number of rotatable bonds is 7. The molecule has 5 heteroatoms. The maximum atomic E-state index is 11.2. The van der Waals surface area contributed by atoms with Gasteiger partial charge in [-0.05, 0) is 23.5 Å². The molecule has 0 fully saturated rings. The van der Waals surface area contributed by atoms with Crippen molar-refractivity contribution in [3.05, 3.63) is 29.8 Å². The van der Waals surface area contributed by atoms with Crippen molar-refractivity contribution in [1.29, 1.82) is 0 Å². The maximum Gasteiger partial charge on any atom is 0.233 e. The number of hydrogen-bond donors (Lipinski definition) is 0. The third-order valence-corrected chi connectivity index (χ3v) is 4.55. The van der Waals surface area contributed by atoms with Gasteiger partial charge in [0.2, 0.25) is 9.05 Å². The first-order valence-corrected chi connectivity index (χ1v) is 9.32. The van der Waals surface area contributed by atoms with Crippen molar-refractivity contribution in [2.45, 2.75) is 33.6 Å². The van der Waals surface area contributed by atoms with Crippen LogP contribution in [-0.2, 0) is 9.05 Å². The van der Waals surface area contributed by atoms with Gasteiger partial charge in [-0.15, -0.1) is 0 Å². The summed E-state index contributed by atoms with van der Waals surface area (Å²) in [7, 11) is 1.85. The van der Waals surface area contributed by atoms with Crippen molar-refractivity contribution in [3.63, 3.8) is 0 Å². The molecule has 0 saturated heterocycles. The van der Waals surface area contributed by atoms with Crippen molar-refractivity contribution in [2.24, 2.45) is 11.8 Å². The number of ether oxygens (including phenoxy) is 1. The van der Waals surface area contributed by atoms with E-state index in [1.165, 1.54) is 0 Å². The summed E-state index contributed by atoms with van der Waals surface area (Å²) in [5.74, 6) is 1.20. The normalized spacial score (nSPS) is 13.8. The molecule has 1 unspecified atom stereocenters. The van der Waals surface area contributed by atoms with Crippen LogP contribution in [0.3, 0.4) is 0 Å². The van der Waals surface area contributed by atoms with E-state index in [0.717, 1.165) is 11.3 Å². The third kappa shape index (κ3) is 5.71. The van der Waals surface area contributed by atoms with E-state index < -0.39 is 9.05 Å². The van der Waals surface area contributed by atoms with Gasteiger partial charge in [0, 0.05) is 16.6 Å². The molecule has 20 heavy (non-hydrogen) atoms. The fourth-order valence-electron chi connectivity index (χ4n) is 1.97. The summed E-state index contributed by atoms with van der Waals surface area (Å²) in [5, 5.41) is 0. The van der Waals surface area contributed by atoms with Gasteiger partial charge < -0.3 is 4.74 Å². The van der Waals surface area contributed by atoms with Crippen LogP contribution in [-0.4, -0.2) is 20.8 Å². The van der Waals surface area contributed by atoms with Crippen LogP contribution >= 0.6 is 10.7 Å². The van der Waals surface area contributed by atoms with E-state index in [2.05, 4.69) is 13.8 Å². The van der Waals surface area contributed by atoms with Gasteiger partial charge in [-0.1, -0.05) is 45.9 Å². The topological polar surface area (TPSA) is 43.4 Å². The van der Waals surface area contributed by atoms with Gasteiger partial charge in [0.25, 0.3) is 0 Å². The summed E-state index contributed by atoms with van der Waals surface area (Å²) in [4.78, 5) is 0. The minimum atomic E-state index is -3.51. The van der Waals surface area contributed by atoms with E-state index in [0.29, 0.717) is 12.5 Å². The van der Waals surface area contributed by atoms with Crippen LogP contribution in [0.2, 0.25) is 0 Å². The average Bonchev–Trinajstić information content (AvgIpc) is 2.33. The van der Waals surface area contributed by atoms with E-state index in [4.69, 9.17) is 15.4 Å². The zero-order valence-corrected chi connectivity index (χ0v) is 14.0. The number of para-hydroxylation sites is 1. The predicted molar refractivity (Wildman–Crippen MR) is 84.0 cm³/mol. The first-order valence-electron chi connectivity index (χ1n) is 6.84. The van der Waals surface area contributed by atoms with Gasteiger partial charge in [0.1, 0.15) is 5.75 Å². The Kier molecular flexibility index (Phi) is 6.34. The van der Waals surface area contributed by atoms with Crippen LogP contribution < -0.4 is 4.74 Å². The molecule has 114 valence electrons. The largest absolute Gasteiger partial charge is 0.493 e. The highest BCUT2D eigenvalue weighted by atomic mass is 35.7. The smallest absolute Gasteiger partial charge is 0.233 e. The van der Waals surface area contributed by atoms with Gasteiger partial charge in [0.05, 0.1) is 12.4 Å². The Hall–Kier alpha value is -0.740. The van der Waals surface area contributed by atoms with Crippen LogP contribution in [0.4, 0.5) is 0 Å². The quantitative estimate of drug-likeness (QED) is 0.713. The SMILES string of the molecule is CC(C)c1ccccc1OCC(CS(=O)(=O)Cl)C(C)C. The van der Waals surface area contributed by atoms with Gasteiger partial charge in [-0.25, -0.2) is 8.42 Å². The Morgan fingerprint density at radius 1 is 1.15 bits per heavy atom. The highest BCUT2D eigenvalue weighted by Crippen LogP contribution is 2.27. The zero-order valence-electron chi connectivity index (χ0n) is 12.5. The fraction of sp³-hybridized carbons (Fsp3) is 0.600. The van der Waals surface area contributed by atoms with Crippen molar-refractivity contribution in [2.75, 3.05) is 12.4 Å². The lowest BCUT2D eigenvalue weighted by Crippen LogP contribution is -2.24. The molecule has 0 aromatic heterocycles. The second-order valence-corrected chi connectivity index (χ2v) is 8.53. The monoisotopic (exact) mass is 318 g/mol. The van der Waals surface area contributed by atoms with Crippen LogP contribution in [0, 0.1) is 11.8 Å². The second kappa shape index (κ2) is 7.32. The fourth-order valence-corrected chi connectivity index (χ4v) is 3.45. The Bertz CT molecular complexity index is 524. The number of halogens is 1. The lowest BCUT2D eigenvalue weighted by Gasteiger charge is -2.21. The highest BCUT2D eigenvalue weighted by molar-refractivity contribution is 8.13. The number of benzene rings is 1. The zero-order chi connectivity index (χ0) is 15.3. The summed E-state index contributed by atoms with van der Waals surface area (Å²) in [6.07, 6.45) is 0.